The highest BCUT2D eigenvalue weighted by Crippen LogP contribution is 2.29. The smallest absolute Gasteiger partial charge is 0.303 e. The van der Waals surface area contributed by atoms with Gasteiger partial charge in [-0.25, -0.2) is 4.39 Å². The van der Waals surface area contributed by atoms with Crippen LogP contribution in [0.5, 0.6) is 0 Å². The van der Waals surface area contributed by atoms with Gasteiger partial charge in [-0.05, 0) is 51.4 Å². The minimum Gasteiger partial charge on any atom is -0.481 e. The Labute approximate surface area is 124 Å². The summed E-state index contributed by atoms with van der Waals surface area (Å²) in [6, 6.07) is 4.66. The minimum atomic E-state index is -0.791. The number of carboxylic acids is 1. The Morgan fingerprint density at radius 3 is 2.55 bits per heavy atom. The summed E-state index contributed by atoms with van der Waals surface area (Å²) in [7, 11) is 0. The molecule has 1 rings (SSSR count). The Morgan fingerprint density at radius 1 is 1.40 bits per heavy atom. The Balaban J connectivity index is 2.82. The van der Waals surface area contributed by atoms with Crippen molar-refractivity contribution >= 4 is 17.6 Å². The summed E-state index contributed by atoms with van der Waals surface area (Å²) in [6.07, 6.45) is 0.726. The van der Waals surface area contributed by atoms with Gasteiger partial charge in [0.1, 0.15) is 5.82 Å². The van der Waals surface area contributed by atoms with Crippen molar-refractivity contribution in [3.63, 3.8) is 0 Å². The molecule has 0 radical (unpaired) electrons. The molecular weight excluding hydrogens is 281 g/mol. The molecule has 1 N–H and O–H groups in total. The second kappa shape index (κ2) is 7.60. The minimum absolute atomic E-state index is 0.0110. The molecule has 1 aromatic rings. The molecule has 0 aliphatic heterocycles. The highest BCUT2D eigenvalue weighted by Gasteiger charge is 2.20. The molecule has 0 aliphatic carbocycles. The van der Waals surface area contributed by atoms with E-state index in [4.69, 9.17) is 16.7 Å². The van der Waals surface area contributed by atoms with E-state index in [1.54, 1.807) is 6.07 Å². The van der Waals surface area contributed by atoms with Crippen LogP contribution >= 0.6 is 11.6 Å². The summed E-state index contributed by atoms with van der Waals surface area (Å²) in [5.74, 6) is -1.14. The lowest BCUT2D eigenvalue weighted by Gasteiger charge is -2.33. The lowest BCUT2D eigenvalue weighted by Crippen LogP contribution is -2.34. The van der Waals surface area contributed by atoms with Gasteiger partial charge < -0.3 is 5.11 Å². The summed E-state index contributed by atoms with van der Waals surface area (Å²) in [5.41, 5.74) is 0.858. The molecule has 0 saturated heterocycles. The van der Waals surface area contributed by atoms with Crippen LogP contribution in [0.3, 0.4) is 0 Å². The Hall–Kier alpha value is -1.13. The molecule has 0 spiro atoms. The standard InChI is InChI=1S/C15H21ClFNO2/c1-10(2)18(8-4-5-15(19)20)11(3)13-7-6-12(17)9-14(13)16/h6-7,9-11H,4-5,8H2,1-3H3,(H,19,20). The van der Waals surface area contributed by atoms with Gasteiger partial charge in [-0.1, -0.05) is 17.7 Å². The summed E-state index contributed by atoms with van der Waals surface area (Å²) in [4.78, 5) is 12.8. The Bertz CT molecular complexity index is 465. The second-order valence-electron chi connectivity index (χ2n) is 5.17. The molecule has 0 bridgehead atoms. The first-order valence-corrected chi connectivity index (χ1v) is 7.13. The van der Waals surface area contributed by atoms with Crippen LogP contribution < -0.4 is 0 Å². The van der Waals surface area contributed by atoms with Gasteiger partial charge in [0.2, 0.25) is 0 Å². The summed E-state index contributed by atoms with van der Waals surface area (Å²) in [5, 5.41) is 9.12. The van der Waals surface area contributed by atoms with Crippen LogP contribution in [0.4, 0.5) is 4.39 Å². The van der Waals surface area contributed by atoms with Crippen molar-refractivity contribution in [1.82, 2.24) is 4.90 Å². The van der Waals surface area contributed by atoms with Crippen LogP contribution in [-0.4, -0.2) is 28.6 Å². The molecule has 0 aromatic heterocycles. The summed E-state index contributed by atoms with van der Waals surface area (Å²) < 4.78 is 13.1. The number of nitrogens with zero attached hydrogens (tertiary/aromatic N) is 1. The molecule has 1 atom stereocenters. The summed E-state index contributed by atoms with van der Waals surface area (Å²) in [6.45, 7) is 6.77. The van der Waals surface area contributed by atoms with Crippen LogP contribution in [-0.2, 0) is 4.79 Å². The van der Waals surface area contributed by atoms with Crippen LogP contribution in [0, 0.1) is 5.82 Å². The van der Waals surface area contributed by atoms with E-state index in [0.717, 1.165) is 5.56 Å². The normalized spacial score (nSPS) is 12.9. The van der Waals surface area contributed by atoms with Crippen molar-refractivity contribution < 1.29 is 14.3 Å². The van der Waals surface area contributed by atoms with E-state index in [9.17, 15) is 9.18 Å². The Kier molecular flexibility index (Phi) is 6.43. The van der Waals surface area contributed by atoms with Gasteiger partial charge in [-0.3, -0.25) is 9.69 Å². The lowest BCUT2D eigenvalue weighted by atomic mass is 10.0. The maximum atomic E-state index is 13.1. The molecule has 5 heteroatoms. The quantitative estimate of drug-likeness (QED) is 0.823. The van der Waals surface area contributed by atoms with Crippen molar-refractivity contribution in [2.75, 3.05) is 6.54 Å². The second-order valence-corrected chi connectivity index (χ2v) is 5.58. The largest absolute Gasteiger partial charge is 0.481 e. The van der Waals surface area contributed by atoms with Crippen molar-refractivity contribution in [2.45, 2.75) is 45.7 Å². The molecule has 1 aromatic carbocycles. The predicted molar refractivity (Wildman–Crippen MR) is 78.5 cm³/mol. The third-order valence-corrected chi connectivity index (χ3v) is 3.71. The van der Waals surface area contributed by atoms with Crippen LogP contribution in [0.1, 0.15) is 45.2 Å². The number of benzene rings is 1. The number of hydrogen-bond acceptors (Lipinski definition) is 2. The predicted octanol–water partition coefficient (Wildman–Crippen LogP) is 4.12. The first kappa shape index (κ1) is 16.9. The zero-order chi connectivity index (χ0) is 15.3. The number of hydrogen-bond donors (Lipinski definition) is 1. The number of carbonyl (C=O) groups is 1. The summed E-state index contributed by atoms with van der Waals surface area (Å²) >= 11 is 6.10. The fourth-order valence-corrected chi connectivity index (χ4v) is 2.66. The van der Waals surface area contributed by atoms with Gasteiger partial charge in [-0.15, -0.1) is 0 Å². The molecule has 112 valence electrons. The van der Waals surface area contributed by atoms with Crippen molar-refractivity contribution in [1.29, 1.82) is 0 Å². The van der Waals surface area contributed by atoms with Gasteiger partial charge in [-0.2, -0.15) is 0 Å². The molecule has 1 unspecified atom stereocenters. The highest BCUT2D eigenvalue weighted by atomic mass is 35.5. The molecule has 0 saturated carbocycles. The SMILES string of the molecule is CC(C)N(CCCC(=O)O)C(C)c1ccc(F)cc1Cl. The molecule has 0 heterocycles. The monoisotopic (exact) mass is 301 g/mol. The molecule has 0 fully saturated rings. The number of halogens is 2. The first-order chi connectivity index (χ1) is 9.32. The first-order valence-electron chi connectivity index (χ1n) is 6.75. The third kappa shape index (κ3) is 4.76. The average Bonchev–Trinajstić information content (AvgIpc) is 2.33. The van der Waals surface area contributed by atoms with Crippen molar-refractivity contribution in [3.05, 3.63) is 34.6 Å². The molecule has 3 nitrogen and oxygen atoms in total. The van der Waals surface area contributed by atoms with E-state index in [2.05, 4.69) is 18.7 Å². The van der Waals surface area contributed by atoms with Gasteiger partial charge in [0.05, 0.1) is 0 Å². The number of aliphatic carboxylic acids is 1. The average molecular weight is 302 g/mol. The Morgan fingerprint density at radius 2 is 2.05 bits per heavy atom. The topological polar surface area (TPSA) is 40.5 Å². The van der Waals surface area contributed by atoms with E-state index in [1.807, 2.05) is 6.92 Å². The molecule has 0 aliphatic rings. The fraction of sp³-hybridized carbons (Fsp3) is 0.533. The van der Waals surface area contributed by atoms with Gasteiger partial charge in [0.15, 0.2) is 0 Å². The lowest BCUT2D eigenvalue weighted by molar-refractivity contribution is -0.137. The maximum Gasteiger partial charge on any atom is 0.303 e. The zero-order valence-electron chi connectivity index (χ0n) is 12.1. The highest BCUT2D eigenvalue weighted by molar-refractivity contribution is 6.31. The van der Waals surface area contributed by atoms with E-state index in [-0.39, 0.29) is 24.3 Å². The molecule has 20 heavy (non-hydrogen) atoms. The maximum absolute atomic E-state index is 13.1. The van der Waals surface area contributed by atoms with Crippen LogP contribution in [0.25, 0.3) is 0 Å². The van der Waals surface area contributed by atoms with Crippen molar-refractivity contribution in [2.24, 2.45) is 0 Å². The van der Waals surface area contributed by atoms with E-state index in [0.29, 0.717) is 18.0 Å². The van der Waals surface area contributed by atoms with E-state index >= 15 is 0 Å². The fourth-order valence-electron chi connectivity index (χ4n) is 2.33. The van der Waals surface area contributed by atoms with Gasteiger partial charge in [0, 0.05) is 23.5 Å². The molecule has 0 amide bonds. The third-order valence-electron chi connectivity index (χ3n) is 3.38. The van der Waals surface area contributed by atoms with Gasteiger partial charge in [0.25, 0.3) is 0 Å². The van der Waals surface area contributed by atoms with E-state index in [1.165, 1.54) is 12.1 Å². The van der Waals surface area contributed by atoms with Crippen molar-refractivity contribution in [3.8, 4) is 0 Å². The number of rotatable bonds is 7. The van der Waals surface area contributed by atoms with Crippen LogP contribution in [0.2, 0.25) is 5.02 Å². The zero-order valence-corrected chi connectivity index (χ0v) is 12.8. The number of carboxylic acid groups (broad SMARTS) is 1. The molecular formula is C15H21ClFNO2. The van der Waals surface area contributed by atoms with E-state index < -0.39 is 5.97 Å². The van der Waals surface area contributed by atoms with Gasteiger partial charge >= 0.3 is 5.97 Å². The van der Waals surface area contributed by atoms with Crippen LogP contribution in [0.15, 0.2) is 18.2 Å².